The molecule has 1 unspecified atom stereocenters. The second kappa shape index (κ2) is 6.50. The van der Waals surface area contributed by atoms with Crippen molar-refractivity contribution in [1.82, 2.24) is 20.1 Å². The normalized spacial score (nSPS) is 12.8. The average molecular weight is 299 g/mol. The minimum atomic E-state index is 0.0686. The van der Waals surface area contributed by atoms with Crippen molar-refractivity contribution < 1.29 is 0 Å². The molecule has 0 saturated carbocycles. The standard InChI is InChI=1S/C13H19ClN4S/c1-4-6-18-12(10(14)7-17-18)11(15-5-2)13-9(3)16-8-19-13/h7-8,11,15H,4-6H2,1-3H3. The molecule has 6 heteroatoms. The highest BCUT2D eigenvalue weighted by atomic mass is 35.5. The molecule has 0 spiro atoms. The van der Waals surface area contributed by atoms with Gasteiger partial charge in [0.25, 0.3) is 0 Å². The summed E-state index contributed by atoms with van der Waals surface area (Å²) in [5, 5.41) is 8.59. The van der Waals surface area contributed by atoms with Crippen molar-refractivity contribution in [3.05, 3.63) is 33.0 Å². The predicted molar refractivity (Wildman–Crippen MR) is 79.9 cm³/mol. The van der Waals surface area contributed by atoms with Crippen LogP contribution < -0.4 is 5.32 Å². The lowest BCUT2D eigenvalue weighted by Gasteiger charge is -2.19. The molecule has 0 amide bonds. The zero-order valence-electron chi connectivity index (χ0n) is 11.5. The smallest absolute Gasteiger partial charge is 0.0875 e. The van der Waals surface area contributed by atoms with Crippen LogP contribution in [0.5, 0.6) is 0 Å². The van der Waals surface area contributed by atoms with E-state index < -0.39 is 0 Å². The van der Waals surface area contributed by atoms with Crippen LogP contribution in [-0.2, 0) is 6.54 Å². The van der Waals surface area contributed by atoms with Gasteiger partial charge < -0.3 is 5.32 Å². The van der Waals surface area contributed by atoms with E-state index in [1.54, 1.807) is 17.5 Å². The Bertz CT molecular complexity index is 534. The summed E-state index contributed by atoms with van der Waals surface area (Å²) in [6.45, 7) is 8.01. The molecule has 2 rings (SSSR count). The summed E-state index contributed by atoms with van der Waals surface area (Å²) in [5.41, 5.74) is 3.97. The Labute approximate surface area is 122 Å². The molecule has 2 heterocycles. The molecule has 104 valence electrons. The first-order valence-electron chi connectivity index (χ1n) is 6.53. The molecular weight excluding hydrogens is 280 g/mol. The summed E-state index contributed by atoms with van der Waals surface area (Å²) >= 11 is 8.00. The fourth-order valence-corrected chi connectivity index (χ4v) is 3.28. The fourth-order valence-electron chi connectivity index (χ4n) is 2.15. The van der Waals surface area contributed by atoms with Crippen LogP contribution in [0.1, 0.15) is 42.6 Å². The van der Waals surface area contributed by atoms with E-state index in [9.17, 15) is 0 Å². The molecule has 0 aliphatic carbocycles. The molecule has 0 saturated heterocycles. The molecule has 0 fully saturated rings. The highest BCUT2D eigenvalue weighted by molar-refractivity contribution is 7.09. The van der Waals surface area contributed by atoms with Gasteiger partial charge in [-0.15, -0.1) is 11.3 Å². The Morgan fingerprint density at radius 3 is 2.84 bits per heavy atom. The van der Waals surface area contributed by atoms with E-state index in [0.717, 1.165) is 30.9 Å². The number of thiazole rings is 1. The topological polar surface area (TPSA) is 42.7 Å². The first-order valence-corrected chi connectivity index (χ1v) is 7.79. The molecule has 2 aromatic heterocycles. The number of rotatable bonds is 6. The van der Waals surface area contributed by atoms with Gasteiger partial charge in [0.15, 0.2) is 0 Å². The van der Waals surface area contributed by atoms with Gasteiger partial charge in [-0.05, 0) is 19.9 Å². The van der Waals surface area contributed by atoms with Gasteiger partial charge in [-0.25, -0.2) is 4.98 Å². The van der Waals surface area contributed by atoms with Crippen LogP contribution in [0.4, 0.5) is 0 Å². The van der Waals surface area contributed by atoms with Gasteiger partial charge in [0.05, 0.1) is 39.0 Å². The summed E-state index contributed by atoms with van der Waals surface area (Å²) < 4.78 is 1.99. The minimum absolute atomic E-state index is 0.0686. The third kappa shape index (κ3) is 2.99. The van der Waals surface area contributed by atoms with E-state index in [4.69, 9.17) is 11.6 Å². The second-order valence-corrected chi connectivity index (χ2v) is 5.69. The van der Waals surface area contributed by atoms with Crippen molar-refractivity contribution in [3.63, 3.8) is 0 Å². The maximum absolute atomic E-state index is 6.34. The Kier molecular flexibility index (Phi) is 4.96. The Hall–Kier alpha value is -0.910. The number of hydrogen-bond acceptors (Lipinski definition) is 4. The molecule has 0 aromatic carbocycles. The number of aromatic nitrogens is 3. The molecular formula is C13H19ClN4S. The maximum atomic E-state index is 6.34. The number of nitrogens with zero attached hydrogens (tertiary/aromatic N) is 3. The lowest BCUT2D eigenvalue weighted by atomic mass is 10.1. The van der Waals surface area contributed by atoms with Crippen LogP contribution in [0.25, 0.3) is 0 Å². The van der Waals surface area contributed by atoms with E-state index in [1.807, 2.05) is 17.1 Å². The Morgan fingerprint density at radius 1 is 1.47 bits per heavy atom. The van der Waals surface area contributed by atoms with Crippen LogP contribution in [0, 0.1) is 6.92 Å². The van der Waals surface area contributed by atoms with Crippen molar-refractivity contribution >= 4 is 22.9 Å². The third-order valence-corrected chi connectivity index (χ3v) is 4.28. The zero-order valence-corrected chi connectivity index (χ0v) is 13.1. The minimum Gasteiger partial charge on any atom is -0.304 e. The van der Waals surface area contributed by atoms with Gasteiger partial charge in [-0.2, -0.15) is 5.10 Å². The van der Waals surface area contributed by atoms with Crippen molar-refractivity contribution in [2.45, 2.75) is 39.8 Å². The lowest BCUT2D eigenvalue weighted by Crippen LogP contribution is -2.25. The fraction of sp³-hybridized carbons (Fsp3) is 0.538. The van der Waals surface area contributed by atoms with Gasteiger partial charge in [0.2, 0.25) is 0 Å². The lowest BCUT2D eigenvalue weighted by molar-refractivity contribution is 0.523. The van der Waals surface area contributed by atoms with E-state index in [-0.39, 0.29) is 6.04 Å². The Morgan fingerprint density at radius 2 is 2.26 bits per heavy atom. The highest BCUT2D eigenvalue weighted by Gasteiger charge is 2.24. The maximum Gasteiger partial charge on any atom is 0.0875 e. The summed E-state index contributed by atoms with van der Waals surface area (Å²) in [4.78, 5) is 5.55. The molecule has 4 nitrogen and oxygen atoms in total. The van der Waals surface area contributed by atoms with Crippen molar-refractivity contribution in [3.8, 4) is 0 Å². The third-order valence-electron chi connectivity index (χ3n) is 3.00. The van der Waals surface area contributed by atoms with E-state index >= 15 is 0 Å². The second-order valence-electron chi connectivity index (χ2n) is 4.39. The van der Waals surface area contributed by atoms with Crippen LogP contribution >= 0.6 is 22.9 Å². The molecule has 1 N–H and O–H groups in total. The van der Waals surface area contributed by atoms with Gasteiger partial charge in [0, 0.05) is 6.54 Å². The zero-order chi connectivity index (χ0) is 13.8. The summed E-state index contributed by atoms with van der Waals surface area (Å²) in [6.07, 6.45) is 2.76. The molecule has 19 heavy (non-hydrogen) atoms. The predicted octanol–water partition coefficient (Wildman–Crippen LogP) is 3.41. The summed E-state index contributed by atoms with van der Waals surface area (Å²) in [5.74, 6) is 0. The molecule has 0 radical (unpaired) electrons. The van der Waals surface area contributed by atoms with E-state index in [2.05, 4.69) is 29.2 Å². The highest BCUT2D eigenvalue weighted by Crippen LogP contribution is 2.32. The monoisotopic (exact) mass is 298 g/mol. The molecule has 1 atom stereocenters. The van der Waals surface area contributed by atoms with Gasteiger partial charge in [0.1, 0.15) is 0 Å². The molecule has 2 aromatic rings. The first-order chi connectivity index (χ1) is 9.19. The van der Waals surface area contributed by atoms with E-state index in [0.29, 0.717) is 5.02 Å². The van der Waals surface area contributed by atoms with Crippen molar-refractivity contribution in [2.75, 3.05) is 6.54 Å². The molecule has 0 aliphatic heterocycles. The van der Waals surface area contributed by atoms with Gasteiger partial charge in [-0.1, -0.05) is 25.4 Å². The molecule has 0 bridgehead atoms. The van der Waals surface area contributed by atoms with Crippen LogP contribution in [-0.4, -0.2) is 21.3 Å². The van der Waals surface area contributed by atoms with Crippen molar-refractivity contribution in [1.29, 1.82) is 0 Å². The number of halogens is 1. The van der Waals surface area contributed by atoms with Crippen LogP contribution in [0.3, 0.4) is 0 Å². The first kappa shape index (κ1) is 14.5. The quantitative estimate of drug-likeness (QED) is 0.888. The summed E-state index contributed by atoms with van der Waals surface area (Å²) in [6, 6.07) is 0.0686. The SMILES string of the molecule is CCCn1ncc(Cl)c1C(NCC)c1scnc1C. The number of hydrogen-bond donors (Lipinski definition) is 1. The summed E-state index contributed by atoms with van der Waals surface area (Å²) in [7, 11) is 0. The average Bonchev–Trinajstić information content (AvgIpc) is 2.95. The number of nitrogens with one attached hydrogen (secondary N) is 1. The van der Waals surface area contributed by atoms with Crippen LogP contribution in [0.2, 0.25) is 5.02 Å². The van der Waals surface area contributed by atoms with Gasteiger partial charge in [-0.3, -0.25) is 4.68 Å². The molecule has 0 aliphatic rings. The van der Waals surface area contributed by atoms with Crippen molar-refractivity contribution in [2.24, 2.45) is 0 Å². The largest absolute Gasteiger partial charge is 0.304 e. The van der Waals surface area contributed by atoms with Crippen LogP contribution in [0.15, 0.2) is 11.7 Å². The Balaban J connectivity index is 2.44. The van der Waals surface area contributed by atoms with Gasteiger partial charge >= 0.3 is 0 Å². The number of aryl methyl sites for hydroxylation is 2. The van der Waals surface area contributed by atoms with E-state index in [1.165, 1.54) is 4.88 Å².